The van der Waals surface area contributed by atoms with Crippen molar-refractivity contribution in [3.05, 3.63) is 83.1 Å². The molecule has 9 nitrogen and oxygen atoms in total. The average molecular weight is 598 g/mol. The lowest BCUT2D eigenvalue weighted by atomic mass is 9.95. The van der Waals surface area contributed by atoms with Gasteiger partial charge in [0, 0.05) is 28.8 Å². The molecule has 1 aliphatic carbocycles. The standard InChI is InChI=1S/C34H36FN5O4/c1-20-6-8-25(43-19-24-10-13-40(24)32(42)44-33(3,4)5)16-27(20)31(41)39-34(11-12-34)28-14-22(30-36-17-23(35)18-37-30)15-29-26(28)9-7-21(2)38-29/h6-9,14-18,24H,10-13,19H2,1-5H3,(H,39,41)/t24-/m0/s1. The number of halogens is 1. The zero-order chi connectivity index (χ0) is 31.2. The van der Waals surface area contributed by atoms with E-state index >= 15 is 0 Å². The third-order valence-corrected chi connectivity index (χ3v) is 8.11. The molecule has 44 heavy (non-hydrogen) atoms. The van der Waals surface area contributed by atoms with Gasteiger partial charge in [-0.3, -0.25) is 9.78 Å². The van der Waals surface area contributed by atoms with Gasteiger partial charge >= 0.3 is 6.09 Å². The molecule has 0 bridgehead atoms. The summed E-state index contributed by atoms with van der Waals surface area (Å²) >= 11 is 0. The van der Waals surface area contributed by atoms with Gasteiger partial charge in [0.15, 0.2) is 11.6 Å². The van der Waals surface area contributed by atoms with Crippen LogP contribution in [0.3, 0.4) is 0 Å². The number of aryl methyl sites for hydroxylation is 2. The van der Waals surface area contributed by atoms with Crippen molar-refractivity contribution in [2.75, 3.05) is 13.2 Å². The molecular formula is C34H36FN5O4. The van der Waals surface area contributed by atoms with Crippen LogP contribution in [0.5, 0.6) is 5.75 Å². The van der Waals surface area contributed by atoms with Crippen molar-refractivity contribution in [2.45, 2.75) is 71.1 Å². The molecule has 2 fully saturated rings. The molecular weight excluding hydrogens is 561 g/mol. The molecule has 2 aromatic carbocycles. The number of amides is 2. The number of hydrogen-bond acceptors (Lipinski definition) is 7. The smallest absolute Gasteiger partial charge is 0.410 e. The topological polar surface area (TPSA) is 107 Å². The number of likely N-dealkylation sites (tertiary alicyclic amines) is 1. The van der Waals surface area contributed by atoms with E-state index in [2.05, 4.69) is 15.3 Å². The van der Waals surface area contributed by atoms with Crippen LogP contribution in [0.25, 0.3) is 22.3 Å². The predicted octanol–water partition coefficient (Wildman–Crippen LogP) is 6.26. The van der Waals surface area contributed by atoms with Crippen molar-refractivity contribution < 1.29 is 23.5 Å². The third kappa shape index (κ3) is 6.06. The van der Waals surface area contributed by atoms with Gasteiger partial charge in [-0.1, -0.05) is 12.1 Å². The summed E-state index contributed by atoms with van der Waals surface area (Å²) in [4.78, 5) is 41.0. The molecule has 0 spiro atoms. The highest BCUT2D eigenvalue weighted by Gasteiger charge is 2.47. The first-order chi connectivity index (χ1) is 20.9. The van der Waals surface area contributed by atoms with Crippen molar-refractivity contribution in [1.29, 1.82) is 0 Å². The number of carbonyl (C=O) groups is 2. The molecule has 3 heterocycles. The Kier molecular flexibility index (Phi) is 7.47. The number of rotatable bonds is 7. The molecule has 10 heteroatoms. The lowest BCUT2D eigenvalue weighted by Crippen LogP contribution is -2.55. The summed E-state index contributed by atoms with van der Waals surface area (Å²) < 4.78 is 25.1. The van der Waals surface area contributed by atoms with Gasteiger partial charge in [0.2, 0.25) is 0 Å². The molecule has 1 N–H and O–H groups in total. The lowest BCUT2D eigenvalue weighted by molar-refractivity contribution is -0.0141. The Labute approximate surface area is 255 Å². The number of fused-ring (bicyclic) bond motifs is 1. The van der Waals surface area contributed by atoms with Gasteiger partial charge in [-0.25, -0.2) is 19.2 Å². The van der Waals surface area contributed by atoms with Crippen molar-refractivity contribution in [1.82, 2.24) is 25.2 Å². The highest BCUT2D eigenvalue weighted by molar-refractivity contribution is 5.98. The summed E-state index contributed by atoms with van der Waals surface area (Å²) in [5.74, 6) is 0.227. The van der Waals surface area contributed by atoms with Crippen LogP contribution < -0.4 is 10.1 Å². The Balaban J connectivity index is 1.22. The molecule has 0 unspecified atom stereocenters. The number of ether oxygens (including phenoxy) is 2. The summed E-state index contributed by atoms with van der Waals surface area (Å²) in [6.45, 7) is 10.3. The summed E-state index contributed by atoms with van der Waals surface area (Å²) in [5.41, 5.74) is 3.43. The van der Waals surface area contributed by atoms with Crippen molar-refractivity contribution in [3.63, 3.8) is 0 Å². The quantitative estimate of drug-likeness (QED) is 0.268. The largest absolute Gasteiger partial charge is 0.491 e. The molecule has 2 aliphatic rings. The molecule has 4 aromatic rings. The van der Waals surface area contributed by atoms with Crippen LogP contribution in [-0.4, -0.2) is 56.6 Å². The van der Waals surface area contributed by atoms with Gasteiger partial charge in [-0.2, -0.15) is 0 Å². The summed E-state index contributed by atoms with van der Waals surface area (Å²) in [6, 6.07) is 13.2. The molecule has 0 radical (unpaired) electrons. The van der Waals surface area contributed by atoms with Gasteiger partial charge in [0.05, 0.1) is 29.5 Å². The Bertz CT molecular complexity index is 1750. The Morgan fingerprint density at radius 2 is 1.82 bits per heavy atom. The number of nitrogens with one attached hydrogen (secondary N) is 1. The number of aromatic nitrogens is 3. The SMILES string of the molecule is Cc1ccc2c(C3(NC(=O)c4cc(OC[C@@H]5CCN5C(=O)OC(C)(C)C)ccc4C)CC3)cc(-c3ncc(F)cn3)cc2n1. The van der Waals surface area contributed by atoms with E-state index in [1.165, 1.54) is 0 Å². The first-order valence-corrected chi connectivity index (χ1v) is 14.9. The van der Waals surface area contributed by atoms with E-state index in [0.29, 0.717) is 35.9 Å². The Morgan fingerprint density at radius 3 is 2.48 bits per heavy atom. The second kappa shape index (κ2) is 11.2. The van der Waals surface area contributed by atoms with E-state index in [1.54, 1.807) is 11.0 Å². The molecule has 2 amide bonds. The van der Waals surface area contributed by atoms with Crippen LogP contribution in [0, 0.1) is 19.7 Å². The van der Waals surface area contributed by atoms with Crippen molar-refractivity contribution in [3.8, 4) is 17.1 Å². The molecule has 1 saturated heterocycles. The maximum Gasteiger partial charge on any atom is 0.410 e. The maximum atomic E-state index is 13.8. The first-order valence-electron chi connectivity index (χ1n) is 14.9. The maximum absolute atomic E-state index is 13.8. The van der Waals surface area contributed by atoms with Gasteiger partial charge in [-0.15, -0.1) is 0 Å². The predicted molar refractivity (Wildman–Crippen MR) is 164 cm³/mol. The third-order valence-electron chi connectivity index (χ3n) is 8.11. The molecule has 1 atom stereocenters. The fourth-order valence-electron chi connectivity index (χ4n) is 5.50. The van der Waals surface area contributed by atoms with E-state index in [9.17, 15) is 14.0 Å². The monoisotopic (exact) mass is 597 g/mol. The van der Waals surface area contributed by atoms with E-state index in [4.69, 9.17) is 14.5 Å². The summed E-state index contributed by atoms with van der Waals surface area (Å²) in [5, 5.41) is 4.23. The van der Waals surface area contributed by atoms with Crippen LogP contribution in [0.2, 0.25) is 0 Å². The molecule has 2 aromatic heterocycles. The van der Waals surface area contributed by atoms with Crippen LogP contribution in [0.15, 0.2) is 54.9 Å². The van der Waals surface area contributed by atoms with E-state index in [1.807, 2.05) is 71.0 Å². The second-order valence-corrected chi connectivity index (χ2v) is 12.7. The molecule has 1 saturated carbocycles. The first kappa shape index (κ1) is 29.5. The van der Waals surface area contributed by atoms with Crippen LogP contribution in [-0.2, 0) is 10.3 Å². The van der Waals surface area contributed by atoms with Gasteiger partial charge < -0.3 is 19.7 Å². The van der Waals surface area contributed by atoms with Gasteiger partial charge in [0.25, 0.3) is 5.91 Å². The normalized spacial score (nSPS) is 17.1. The van der Waals surface area contributed by atoms with Gasteiger partial charge in [0.1, 0.15) is 18.0 Å². The zero-order valence-electron chi connectivity index (χ0n) is 25.6. The highest BCUT2D eigenvalue weighted by Crippen LogP contribution is 2.49. The van der Waals surface area contributed by atoms with Crippen LogP contribution >= 0.6 is 0 Å². The summed E-state index contributed by atoms with van der Waals surface area (Å²) in [6.07, 6.45) is 4.28. The van der Waals surface area contributed by atoms with Gasteiger partial charge in [-0.05, 0) is 95.3 Å². The van der Waals surface area contributed by atoms with E-state index in [0.717, 1.165) is 59.4 Å². The Hall–Kier alpha value is -4.60. The minimum Gasteiger partial charge on any atom is -0.491 e. The number of hydrogen-bond donors (Lipinski definition) is 1. The molecule has 6 rings (SSSR count). The fourth-order valence-corrected chi connectivity index (χ4v) is 5.50. The minimum absolute atomic E-state index is 0.0824. The Morgan fingerprint density at radius 1 is 1.07 bits per heavy atom. The number of pyridine rings is 1. The van der Waals surface area contributed by atoms with E-state index in [-0.39, 0.29) is 18.0 Å². The zero-order valence-corrected chi connectivity index (χ0v) is 25.6. The average Bonchev–Trinajstić information content (AvgIpc) is 3.72. The highest BCUT2D eigenvalue weighted by atomic mass is 19.1. The molecule has 228 valence electrons. The van der Waals surface area contributed by atoms with Crippen molar-refractivity contribution in [2.24, 2.45) is 0 Å². The number of nitrogens with zero attached hydrogens (tertiary/aromatic N) is 4. The molecule has 1 aliphatic heterocycles. The lowest BCUT2D eigenvalue weighted by Gasteiger charge is -2.41. The summed E-state index contributed by atoms with van der Waals surface area (Å²) in [7, 11) is 0. The van der Waals surface area contributed by atoms with Crippen molar-refractivity contribution >= 4 is 22.9 Å². The van der Waals surface area contributed by atoms with Crippen LogP contribution in [0.4, 0.5) is 9.18 Å². The number of benzene rings is 2. The minimum atomic E-state index is -0.592. The number of carbonyl (C=O) groups excluding carboxylic acids is 2. The second-order valence-electron chi connectivity index (χ2n) is 12.7. The van der Waals surface area contributed by atoms with E-state index < -0.39 is 17.0 Å². The fraction of sp³-hybridized carbons (Fsp3) is 0.382. The van der Waals surface area contributed by atoms with Crippen LogP contribution in [0.1, 0.15) is 67.2 Å².